The van der Waals surface area contributed by atoms with Crippen molar-refractivity contribution in [3.8, 4) is 0 Å². The fourth-order valence-corrected chi connectivity index (χ4v) is 1.99. The summed E-state index contributed by atoms with van der Waals surface area (Å²) in [5.74, 6) is -0.956. The van der Waals surface area contributed by atoms with Gasteiger partial charge in [0.25, 0.3) is 0 Å². The number of carbonyl (C=O) groups is 2. The molecule has 0 atom stereocenters. The van der Waals surface area contributed by atoms with E-state index in [-0.39, 0.29) is 0 Å². The van der Waals surface area contributed by atoms with Crippen LogP contribution in [0.2, 0.25) is 0 Å². The standard InChI is InChI=1S/C16H21BrO4/c1-15(2,3)20-13(18)10-7-11(9-12(17)8-10)14(19)21-16(4,5)6/h7-9H,1-6H3. The molecule has 0 radical (unpaired) electrons. The normalized spacial score (nSPS) is 12.0. The molecule has 0 amide bonds. The van der Waals surface area contributed by atoms with Crippen LogP contribution in [0.4, 0.5) is 0 Å². The van der Waals surface area contributed by atoms with Crippen molar-refractivity contribution < 1.29 is 19.1 Å². The Morgan fingerprint density at radius 2 is 1.14 bits per heavy atom. The minimum Gasteiger partial charge on any atom is -0.456 e. The van der Waals surface area contributed by atoms with Crippen LogP contribution in [0.5, 0.6) is 0 Å². The fraction of sp³-hybridized carbons (Fsp3) is 0.500. The van der Waals surface area contributed by atoms with Crippen LogP contribution in [0, 0.1) is 0 Å². The van der Waals surface area contributed by atoms with Crippen LogP contribution in [0.3, 0.4) is 0 Å². The van der Waals surface area contributed by atoms with E-state index < -0.39 is 23.1 Å². The predicted molar refractivity (Wildman–Crippen MR) is 84.5 cm³/mol. The van der Waals surface area contributed by atoms with Gasteiger partial charge in [-0.2, -0.15) is 0 Å². The molecule has 0 saturated heterocycles. The van der Waals surface area contributed by atoms with E-state index in [1.54, 1.807) is 53.7 Å². The van der Waals surface area contributed by atoms with Crippen LogP contribution in [-0.2, 0) is 9.47 Å². The quantitative estimate of drug-likeness (QED) is 0.738. The summed E-state index contributed by atoms with van der Waals surface area (Å²) in [6, 6.07) is 4.71. The second-order valence-electron chi connectivity index (χ2n) is 6.73. The Labute approximate surface area is 133 Å². The Morgan fingerprint density at radius 1 is 0.810 bits per heavy atom. The summed E-state index contributed by atoms with van der Waals surface area (Å²) in [5.41, 5.74) is -0.572. The van der Waals surface area contributed by atoms with Crippen LogP contribution in [0.25, 0.3) is 0 Å². The van der Waals surface area contributed by atoms with Crippen LogP contribution in [0.15, 0.2) is 22.7 Å². The van der Waals surface area contributed by atoms with Crippen molar-refractivity contribution in [1.29, 1.82) is 0 Å². The summed E-state index contributed by atoms with van der Waals surface area (Å²) in [4.78, 5) is 24.2. The molecule has 0 saturated carbocycles. The van der Waals surface area contributed by atoms with E-state index in [4.69, 9.17) is 9.47 Å². The number of ether oxygens (including phenoxy) is 2. The van der Waals surface area contributed by atoms with Crippen molar-refractivity contribution in [2.45, 2.75) is 52.7 Å². The number of esters is 2. The van der Waals surface area contributed by atoms with Crippen molar-refractivity contribution in [1.82, 2.24) is 0 Å². The molecule has 0 N–H and O–H groups in total. The van der Waals surface area contributed by atoms with Gasteiger partial charge in [-0.25, -0.2) is 9.59 Å². The molecule has 0 unspecified atom stereocenters. The smallest absolute Gasteiger partial charge is 0.338 e. The Hall–Kier alpha value is -1.36. The maximum atomic E-state index is 12.1. The molecule has 0 bridgehead atoms. The van der Waals surface area contributed by atoms with Gasteiger partial charge in [0.2, 0.25) is 0 Å². The Kier molecular flexibility index (Phi) is 5.20. The minimum atomic E-state index is -0.592. The molecule has 0 aliphatic carbocycles. The summed E-state index contributed by atoms with van der Waals surface area (Å²) in [6.45, 7) is 10.7. The zero-order chi connectivity index (χ0) is 16.4. The van der Waals surface area contributed by atoms with E-state index in [0.29, 0.717) is 15.6 Å². The van der Waals surface area contributed by atoms with Crippen LogP contribution >= 0.6 is 15.9 Å². The first kappa shape index (κ1) is 17.7. The number of rotatable bonds is 2. The highest BCUT2D eigenvalue weighted by Crippen LogP contribution is 2.21. The van der Waals surface area contributed by atoms with E-state index in [2.05, 4.69) is 15.9 Å². The van der Waals surface area contributed by atoms with Gasteiger partial charge in [0.1, 0.15) is 11.2 Å². The highest BCUT2D eigenvalue weighted by molar-refractivity contribution is 9.10. The van der Waals surface area contributed by atoms with Crippen molar-refractivity contribution in [2.75, 3.05) is 0 Å². The molecule has 4 nitrogen and oxygen atoms in total. The van der Waals surface area contributed by atoms with Gasteiger partial charge in [-0.15, -0.1) is 0 Å². The molecule has 0 spiro atoms. The number of hydrogen-bond donors (Lipinski definition) is 0. The maximum Gasteiger partial charge on any atom is 0.338 e. The third-order valence-corrected chi connectivity index (χ3v) is 2.62. The zero-order valence-electron chi connectivity index (χ0n) is 13.2. The molecule has 0 fully saturated rings. The Morgan fingerprint density at radius 3 is 1.43 bits per heavy atom. The van der Waals surface area contributed by atoms with Gasteiger partial charge in [-0.3, -0.25) is 0 Å². The summed E-state index contributed by atoms with van der Waals surface area (Å²) in [5, 5.41) is 0. The number of benzene rings is 1. The third-order valence-electron chi connectivity index (χ3n) is 2.17. The van der Waals surface area contributed by atoms with E-state index in [0.717, 1.165) is 0 Å². The molecule has 0 heterocycles. The largest absolute Gasteiger partial charge is 0.456 e. The number of halogens is 1. The van der Waals surface area contributed by atoms with Gasteiger partial charge < -0.3 is 9.47 Å². The lowest BCUT2D eigenvalue weighted by Crippen LogP contribution is -2.25. The van der Waals surface area contributed by atoms with Gasteiger partial charge >= 0.3 is 11.9 Å². The Bertz CT molecular complexity index is 504. The Balaban J connectivity index is 3.05. The van der Waals surface area contributed by atoms with E-state index in [1.165, 1.54) is 6.07 Å². The molecule has 1 aromatic rings. The third kappa shape index (κ3) is 6.29. The minimum absolute atomic E-state index is 0.306. The molecule has 1 rings (SSSR count). The SMILES string of the molecule is CC(C)(C)OC(=O)c1cc(Br)cc(C(=O)OC(C)(C)C)c1. The first-order chi connectivity index (χ1) is 9.37. The molecule has 116 valence electrons. The van der Waals surface area contributed by atoms with Crippen molar-refractivity contribution >= 4 is 27.9 Å². The van der Waals surface area contributed by atoms with Gasteiger partial charge in [-0.05, 0) is 59.7 Å². The molecule has 21 heavy (non-hydrogen) atoms. The number of carbonyl (C=O) groups excluding carboxylic acids is 2. The van der Waals surface area contributed by atoms with Crippen molar-refractivity contribution in [3.63, 3.8) is 0 Å². The second-order valence-corrected chi connectivity index (χ2v) is 7.65. The summed E-state index contributed by atoms with van der Waals surface area (Å²) < 4.78 is 11.2. The van der Waals surface area contributed by atoms with Crippen LogP contribution in [0.1, 0.15) is 62.3 Å². The summed E-state index contributed by atoms with van der Waals surface area (Å²) >= 11 is 3.29. The monoisotopic (exact) mass is 356 g/mol. The second kappa shape index (κ2) is 6.18. The molecule has 0 aliphatic heterocycles. The van der Waals surface area contributed by atoms with Crippen molar-refractivity contribution in [2.24, 2.45) is 0 Å². The van der Waals surface area contributed by atoms with Gasteiger partial charge in [0.05, 0.1) is 11.1 Å². The molecular formula is C16H21BrO4. The lowest BCUT2D eigenvalue weighted by Gasteiger charge is -2.21. The number of hydrogen-bond acceptors (Lipinski definition) is 4. The van der Waals surface area contributed by atoms with Crippen LogP contribution in [-0.4, -0.2) is 23.1 Å². The molecule has 0 aliphatic rings. The molecule has 0 aromatic heterocycles. The predicted octanol–water partition coefficient (Wildman–Crippen LogP) is 4.36. The lowest BCUT2D eigenvalue weighted by atomic mass is 10.1. The van der Waals surface area contributed by atoms with Crippen molar-refractivity contribution in [3.05, 3.63) is 33.8 Å². The average molecular weight is 357 g/mol. The van der Waals surface area contributed by atoms with E-state index >= 15 is 0 Å². The highest BCUT2D eigenvalue weighted by Gasteiger charge is 2.22. The highest BCUT2D eigenvalue weighted by atomic mass is 79.9. The van der Waals surface area contributed by atoms with E-state index in [1.807, 2.05) is 0 Å². The first-order valence-corrected chi connectivity index (χ1v) is 7.44. The van der Waals surface area contributed by atoms with Gasteiger partial charge in [-0.1, -0.05) is 15.9 Å². The average Bonchev–Trinajstić information content (AvgIpc) is 2.23. The molecule has 5 heteroatoms. The van der Waals surface area contributed by atoms with E-state index in [9.17, 15) is 9.59 Å². The fourth-order valence-electron chi connectivity index (χ4n) is 1.50. The first-order valence-electron chi connectivity index (χ1n) is 6.65. The molecule has 1 aromatic carbocycles. The zero-order valence-corrected chi connectivity index (χ0v) is 14.8. The lowest BCUT2D eigenvalue weighted by molar-refractivity contribution is 0.00676. The summed E-state index contributed by atoms with van der Waals surface area (Å²) in [6.07, 6.45) is 0. The van der Waals surface area contributed by atoms with Gasteiger partial charge in [0.15, 0.2) is 0 Å². The van der Waals surface area contributed by atoms with Crippen LogP contribution < -0.4 is 0 Å². The topological polar surface area (TPSA) is 52.6 Å². The molecular weight excluding hydrogens is 336 g/mol. The van der Waals surface area contributed by atoms with Gasteiger partial charge in [0, 0.05) is 4.47 Å². The maximum absolute atomic E-state index is 12.1. The summed E-state index contributed by atoms with van der Waals surface area (Å²) in [7, 11) is 0.